The Morgan fingerprint density at radius 1 is 1.56 bits per heavy atom. The number of carbonyl (C=O) groups is 1. The van der Waals surface area contributed by atoms with Crippen molar-refractivity contribution in [3.05, 3.63) is 37.2 Å². The fraction of sp³-hybridized carbons (Fsp3) is 0.200. The number of nitrogens with zero attached hydrogens (tertiary/aromatic N) is 2. The third-order valence-corrected chi connectivity index (χ3v) is 4.46. The summed E-state index contributed by atoms with van der Waals surface area (Å²) in [7, 11) is 0. The first kappa shape index (κ1) is 12.0. The van der Waals surface area contributed by atoms with Gasteiger partial charge < -0.3 is 0 Å². The van der Waals surface area contributed by atoms with Gasteiger partial charge >= 0.3 is 0 Å². The monoisotopic (exact) mass is 362 g/mol. The maximum atomic E-state index is 12.1. The molecule has 2 heterocycles. The second-order valence-corrected chi connectivity index (χ2v) is 6.90. The molecular weight excluding hydrogens is 356 g/mol. The smallest absolute Gasteiger partial charge is 0.198 e. The fourth-order valence-electron chi connectivity index (χ4n) is 1.30. The fourth-order valence-corrected chi connectivity index (χ4v) is 4.10. The van der Waals surface area contributed by atoms with Crippen molar-refractivity contribution in [2.24, 2.45) is 0 Å². The van der Waals surface area contributed by atoms with Gasteiger partial charge in [-0.25, -0.2) is 0 Å². The van der Waals surface area contributed by atoms with Gasteiger partial charge in [0.15, 0.2) is 5.78 Å². The van der Waals surface area contributed by atoms with Crippen LogP contribution in [0, 0.1) is 0 Å². The Hall–Kier alpha value is -0.460. The second-order valence-electron chi connectivity index (χ2n) is 3.15. The summed E-state index contributed by atoms with van der Waals surface area (Å²) in [4.78, 5) is 12.1. The van der Waals surface area contributed by atoms with Gasteiger partial charge in [0.1, 0.15) is 0 Å². The van der Waals surface area contributed by atoms with Gasteiger partial charge in [-0.15, -0.1) is 11.3 Å². The molecule has 0 spiro atoms. The number of halogens is 2. The molecule has 0 aliphatic heterocycles. The Kier molecular flexibility index (Phi) is 3.61. The molecule has 16 heavy (non-hydrogen) atoms. The number of carbonyl (C=O) groups excluding carboxylic acids is 1. The predicted octanol–water partition coefficient (Wildman–Crippen LogP) is 3.72. The third kappa shape index (κ3) is 2.28. The largest absolute Gasteiger partial charge is 0.288 e. The van der Waals surface area contributed by atoms with Crippen molar-refractivity contribution >= 4 is 49.0 Å². The minimum atomic E-state index is -0.00600. The van der Waals surface area contributed by atoms with Crippen molar-refractivity contribution in [2.45, 2.75) is 13.5 Å². The first-order valence-electron chi connectivity index (χ1n) is 4.63. The highest BCUT2D eigenvalue weighted by atomic mass is 79.9. The van der Waals surface area contributed by atoms with Crippen LogP contribution in [0.2, 0.25) is 0 Å². The van der Waals surface area contributed by atoms with Gasteiger partial charge in [0.05, 0.1) is 19.3 Å². The zero-order valence-electron chi connectivity index (χ0n) is 8.41. The van der Waals surface area contributed by atoms with Gasteiger partial charge in [-0.1, -0.05) is 0 Å². The van der Waals surface area contributed by atoms with E-state index in [1.807, 2.05) is 13.0 Å². The van der Waals surface area contributed by atoms with Crippen LogP contribution in [-0.2, 0) is 6.54 Å². The summed E-state index contributed by atoms with van der Waals surface area (Å²) in [6, 6.07) is 1.82. The molecule has 0 aliphatic rings. The Morgan fingerprint density at radius 2 is 2.31 bits per heavy atom. The van der Waals surface area contributed by atoms with Gasteiger partial charge in [0, 0.05) is 18.3 Å². The van der Waals surface area contributed by atoms with E-state index >= 15 is 0 Å². The second kappa shape index (κ2) is 4.81. The lowest BCUT2D eigenvalue weighted by atomic mass is 10.1. The van der Waals surface area contributed by atoms with Crippen LogP contribution < -0.4 is 0 Å². The molecule has 0 saturated heterocycles. The minimum absolute atomic E-state index is 0.00600. The average Bonchev–Trinajstić information content (AvgIpc) is 2.84. The Bertz CT molecular complexity index is 533. The van der Waals surface area contributed by atoms with Gasteiger partial charge in [-0.2, -0.15) is 5.10 Å². The summed E-state index contributed by atoms with van der Waals surface area (Å²) in [5.74, 6) is -0.00600. The molecule has 6 heteroatoms. The molecule has 0 aliphatic carbocycles. The van der Waals surface area contributed by atoms with Crippen LogP contribution in [0.1, 0.15) is 22.8 Å². The van der Waals surface area contributed by atoms with E-state index in [9.17, 15) is 4.79 Å². The van der Waals surface area contributed by atoms with Crippen LogP contribution in [0.15, 0.2) is 26.0 Å². The molecule has 84 valence electrons. The lowest BCUT2D eigenvalue weighted by Crippen LogP contribution is -1.99. The lowest BCUT2D eigenvalue weighted by Gasteiger charge is -1.94. The summed E-state index contributed by atoms with van der Waals surface area (Å²) in [6.07, 6.45) is 3.37. The summed E-state index contributed by atoms with van der Waals surface area (Å²) in [6.45, 7) is 2.75. The molecule has 0 atom stereocenters. The van der Waals surface area contributed by atoms with Crippen molar-refractivity contribution in [1.82, 2.24) is 9.78 Å². The molecule has 0 bridgehead atoms. The summed E-state index contributed by atoms with van der Waals surface area (Å²) >= 11 is 8.23. The van der Waals surface area contributed by atoms with E-state index in [0.29, 0.717) is 11.1 Å². The van der Waals surface area contributed by atoms with Crippen LogP contribution in [0.4, 0.5) is 0 Å². The van der Waals surface area contributed by atoms with E-state index in [1.54, 1.807) is 17.1 Å². The highest BCUT2D eigenvalue weighted by molar-refractivity contribution is 9.12. The SMILES string of the molecule is CCn1cc(C(=O)c2cc(Br)sc2Br)cn1. The normalized spacial score (nSPS) is 10.7. The number of hydrogen-bond donors (Lipinski definition) is 0. The van der Waals surface area contributed by atoms with Gasteiger partial charge in [0.2, 0.25) is 0 Å². The number of hydrogen-bond acceptors (Lipinski definition) is 3. The van der Waals surface area contributed by atoms with E-state index < -0.39 is 0 Å². The number of rotatable bonds is 3. The zero-order valence-corrected chi connectivity index (χ0v) is 12.4. The molecule has 2 aromatic rings. The first-order chi connectivity index (χ1) is 7.61. The standard InChI is InChI=1S/C10H8Br2N2OS/c1-2-14-5-6(4-13-14)9(15)7-3-8(11)16-10(7)12/h3-5H,2H2,1H3. The maximum Gasteiger partial charge on any atom is 0.198 e. The zero-order chi connectivity index (χ0) is 11.7. The van der Waals surface area contributed by atoms with E-state index in [4.69, 9.17) is 0 Å². The highest BCUT2D eigenvalue weighted by Gasteiger charge is 2.16. The highest BCUT2D eigenvalue weighted by Crippen LogP contribution is 2.33. The summed E-state index contributed by atoms with van der Waals surface area (Å²) in [5, 5.41) is 4.09. The maximum absolute atomic E-state index is 12.1. The Morgan fingerprint density at radius 3 is 2.81 bits per heavy atom. The van der Waals surface area contributed by atoms with Gasteiger partial charge in [-0.05, 0) is 44.8 Å². The lowest BCUT2D eigenvalue weighted by molar-refractivity contribution is 0.103. The number of ketones is 1. The predicted molar refractivity (Wildman–Crippen MR) is 71.1 cm³/mol. The van der Waals surface area contributed by atoms with Crippen molar-refractivity contribution in [3.8, 4) is 0 Å². The summed E-state index contributed by atoms with van der Waals surface area (Å²) < 4.78 is 3.52. The minimum Gasteiger partial charge on any atom is -0.288 e. The van der Waals surface area contributed by atoms with E-state index in [2.05, 4.69) is 37.0 Å². The van der Waals surface area contributed by atoms with E-state index in [1.165, 1.54) is 11.3 Å². The molecule has 0 fully saturated rings. The summed E-state index contributed by atoms with van der Waals surface area (Å²) in [5.41, 5.74) is 1.29. The number of aromatic nitrogens is 2. The first-order valence-corrected chi connectivity index (χ1v) is 7.04. The topological polar surface area (TPSA) is 34.9 Å². The number of thiophene rings is 1. The number of aryl methyl sites for hydroxylation is 1. The molecule has 0 N–H and O–H groups in total. The van der Waals surface area contributed by atoms with E-state index in [-0.39, 0.29) is 5.78 Å². The van der Waals surface area contributed by atoms with Crippen LogP contribution in [0.25, 0.3) is 0 Å². The van der Waals surface area contributed by atoms with Crippen molar-refractivity contribution in [2.75, 3.05) is 0 Å². The molecule has 0 unspecified atom stereocenters. The van der Waals surface area contributed by atoms with Crippen LogP contribution in [0.5, 0.6) is 0 Å². The van der Waals surface area contributed by atoms with Crippen LogP contribution in [0.3, 0.4) is 0 Å². The third-order valence-electron chi connectivity index (χ3n) is 2.12. The quantitative estimate of drug-likeness (QED) is 0.779. The Labute approximate surface area is 114 Å². The van der Waals surface area contributed by atoms with Crippen LogP contribution >= 0.6 is 43.2 Å². The van der Waals surface area contributed by atoms with Gasteiger partial charge in [0.25, 0.3) is 0 Å². The molecule has 3 nitrogen and oxygen atoms in total. The van der Waals surface area contributed by atoms with Crippen LogP contribution in [-0.4, -0.2) is 15.6 Å². The molecule has 2 rings (SSSR count). The van der Waals surface area contributed by atoms with Gasteiger partial charge in [-0.3, -0.25) is 9.48 Å². The van der Waals surface area contributed by atoms with Crippen molar-refractivity contribution in [3.63, 3.8) is 0 Å². The van der Waals surface area contributed by atoms with Crippen molar-refractivity contribution in [1.29, 1.82) is 0 Å². The molecule has 0 saturated carbocycles. The van der Waals surface area contributed by atoms with E-state index in [0.717, 1.165) is 14.1 Å². The molecule has 0 radical (unpaired) electrons. The molecule has 0 aromatic carbocycles. The molecule has 2 aromatic heterocycles. The molecular formula is C10H8Br2N2OS. The Balaban J connectivity index is 2.35. The average molecular weight is 364 g/mol. The molecule has 0 amide bonds. The van der Waals surface area contributed by atoms with Crippen molar-refractivity contribution < 1.29 is 4.79 Å².